The van der Waals surface area contributed by atoms with Crippen LogP contribution in [0.2, 0.25) is 5.02 Å². The number of rotatable bonds is 2. The number of halogens is 2. The predicted octanol–water partition coefficient (Wildman–Crippen LogP) is 6.60. The number of hydrogen-bond acceptors (Lipinski definition) is 1. The maximum Gasteiger partial charge on any atom is 0.0452 e. The molecule has 3 rings (SSSR count). The van der Waals surface area contributed by atoms with Crippen molar-refractivity contribution in [3.63, 3.8) is 0 Å². The molecule has 3 heteroatoms. The number of aryl methyl sites for hydroxylation is 2. The van der Waals surface area contributed by atoms with Gasteiger partial charge in [0.05, 0.1) is 0 Å². The minimum absolute atomic E-state index is 0.885. The molecule has 0 saturated heterocycles. The molecule has 0 aliphatic rings. The molecular formula is C16H14BrClS. The van der Waals surface area contributed by atoms with E-state index in [2.05, 4.69) is 48.0 Å². The highest BCUT2D eigenvalue weighted by molar-refractivity contribution is 9.10. The van der Waals surface area contributed by atoms with E-state index >= 15 is 0 Å². The van der Waals surface area contributed by atoms with Crippen LogP contribution in [-0.2, 0) is 12.8 Å². The molecule has 0 nitrogen and oxygen atoms in total. The number of fused-ring (bicyclic) bond motifs is 3. The molecular weight excluding hydrogens is 340 g/mol. The van der Waals surface area contributed by atoms with Gasteiger partial charge in [-0.2, -0.15) is 0 Å². The SMILES string of the molecule is CCc1cc2c(cc1Br)sc1c(CC)c(Cl)ccc12. The topological polar surface area (TPSA) is 0 Å². The molecule has 0 aliphatic carbocycles. The van der Waals surface area contributed by atoms with E-state index in [4.69, 9.17) is 11.6 Å². The molecule has 0 N–H and O–H groups in total. The van der Waals surface area contributed by atoms with E-state index in [-0.39, 0.29) is 0 Å². The average Bonchev–Trinajstić information content (AvgIpc) is 2.74. The highest BCUT2D eigenvalue weighted by atomic mass is 79.9. The molecule has 3 aromatic rings. The van der Waals surface area contributed by atoms with Gasteiger partial charge in [-0.25, -0.2) is 0 Å². The maximum absolute atomic E-state index is 6.32. The van der Waals surface area contributed by atoms with Gasteiger partial charge in [0.15, 0.2) is 0 Å². The normalized spacial score (nSPS) is 11.6. The third-order valence-corrected chi connectivity index (χ3v) is 5.91. The number of benzene rings is 2. The van der Waals surface area contributed by atoms with Gasteiger partial charge in [0.1, 0.15) is 0 Å². The van der Waals surface area contributed by atoms with Crippen molar-refractivity contribution in [1.82, 2.24) is 0 Å². The van der Waals surface area contributed by atoms with E-state index in [0.717, 1.165) is 17.9 Å². The van der Waals surface area contributed by atoms with Gasteiger partial charge in [-0.1, -0.05) is 47.4 Å². The molecule has 0 fully saturated rings. The minimum Gasteiger partial charge on any atom is -0.135 e. The fourth-order valence-electron chi connectivity index (χ4n) is 2.54. The largest absolute Gasteiger partial charge is 0.135 e. The van der Waals surface area contributed by atoms with Gasteiger partial charge in [0.25, 0.3) is 0 Å². The number of hydrogen-bond donors (Lipinski definition) is 0. The van der Waals surface area contributed by atoms with Crippen LogP contribution >= 0.6 is 38.9 Å². The third kappa shape index (κ3) is 2.10. The summed E-state index contributed by atoms with van der Waals surface area (Å²) >= 11 is 11.8. The smallest absolute Gasteiger partial charge is 0.0452 e. The predicted molar refractivity (Wildman–Crippen MR) is 90.8 cm³/mol. The summed E-state index contributed by atoms with van der Waals surface area (Å²) in [6.07, 6.45) is 2.02. The van der Waals surface area contributed by atoms with Crippen molar-refractivity contribution >= 4 is 59.0 Å². The Hall–Kier alpha value is -0.570. The van der Waals surface area contributed by atoms with Gasteiger partial charge >= 0.3 is 0 Å². The van der Waals surface area contributed by atoms with Gasteiger partial charge in [-0.05, 0) is 42.2 Å². The molecule has 1 aromatic heterocycles. The van der Waals surface area contributed by atoms with Crippen LogP contribution in [0, 0.1) is 0 Å². The summed E-state index contributed by atoms with van der Waals surface area (Å²) in [5.41, 5.74) is 2.63. The molecule has 0 bridgehead atoms. The summed E-state index contributed by atoms with van der Waals surface area (Å²) < 4.78 is 3.87. The molecule has 2 aromatic carbocycles. The molecule has 0 amide bonds. The van der Waals surface area contributed by atoms with E-state index in [1.807, 2.05) is 17.4 Å². The van der Waals surface area contributed by atoms with Gasteiger partial charge < -0.3 is 0 Å². The summed E-state index contributed by atoms with van der Waals surface area (Å²) in [6, 6.07) is 8.74. The Morgan fingerprint density at radius 1 is 1.11 bits per heavy atom. The van der Waals surface area contributed by atoms with Crippen LogP contribution in [0.3, 0.4) is 0 Å². The third-order valence-electron chi connectivity index (χ3n) is 3.59. The van der Waals surface area contributed by atoms with Crippen molar-refractivity contribution in [3.05, 3.63) is 44.9 Å². The Bertz CT molecular complexity index is 773. The van der Waals surface area contributed by atoms with Crippen LogP contribution in [0.5, 0.6) is 0 Å². The minimum atomic E-state index is 0.885. The molecule has 0 unspecified atom stereocenters. The van der Waals surface area contributed by atoms with Crippen LogP contribution in [-0.4, -0.2) is 0 Å². The Kier molecular flexibility index (Phi) is 3.59. The van der Waals surface area contributed by atoms with Crippen molar-refractivity contribution in [3.8, 4) is 0 Å². The maximum atomic E-state index is 6.32. The first kappa shape index (κ1) is 13.4. The lowest BCUT2D eigenvalue weighted by molar-refractivity contribution is 1.13. The van der Waals surface area contributed by atoms with E-state index < -0.39 is 0 Å². The van der Waals surface area contributed by atoms with E-state index in [1.165, 1.54) is 35.8 Å². The van der Waals surface area contributed by atoms with E-state index in [9.17, 15) is 0 Å². The van der Waals surface area contributed by atoms with Gasteiger partial charge in [0, 0.05) is 29.7 Å². The Morgan fingerprint density at radius 2 is 1.89 bits per heavy atom. The van der Waals surface area contributed by atoms with Crippen molar-refractivity contribution < 1.29 is 0 Å². The fraction of sp³-hybridized carbons (Fsp3) is 0.250. The van der Waals surface area contributed by atoms with Crippen molar-refractivity contribution in [2.45, 2.75) is 26.7 Å². The fourth-order valence-corrected chi connectivity index (χ4v) is 5.00. The van der Waals surface area contributed by atoms with Crippen LogP contribution in [0.15, 0.2) is 28.7 Å². The highest BCUT2D eigenvalue weighted by Gasteiger charge is 2.12. The van der Waals surface area contributed by atoms with E-state index in [0.29, 0.717) is 0 Å². The number of thiophene rings is 1. The van der Waals surface area contributed by atoms with E-state index in [1.54, 1.807) is 0 Å². The lowest BCUT2D eigenvalue weighted by Crippen LogP contribution is -1.83. The monoisotopic (exact) mass is 352 g/mol. The second-order valence-corrected chi connectivity index (χ2v) is 6.97. The van der Waals surface area contributed by atoms with Crippen LogP contribution in [0.4, 0.5) is 0 Å². The molecule has 0 radical (unpaired) electrons. The first-order valence-electron chi connectivity index (χ1n) is 6.47. The Balaban J connectivity index is 2.45. The summed E-state index contributed by atoms with van der Waals surface area (Å²) in [7, 11) is 0. The molecule has 0 aliphatic heterocycles. The quantitative estimate of drug-likeness (QED) is 0.487. The summed E-state index contributed by atoms with van der Waals surface area (Å²) in [6.45, 7) is 4.35. The molecule has 98 valence electrons. The Labute approximate surface area is 130 Å². The molecule has 1 heterocycles. The lowest BCUT2D eigenvalue weighted by Gasteiger charge is -2.03. The summed E-state index contributed by atoms with van der Waals surface area (Å²) in [5.74, 6) is 0. The molecule has 0 atom stereocenters. The van der Waals surface area contributed by atoms with Crippen LogP contribution in [0.25, 0.3) is 20.2 Å². The zero-order valence-electron chi connectivity index (χ0n) is 10.9. The van der Waals surface area contributed by atoms with Crippen molar-refractivity contribution in [2.24, 2.45) is 0 Å². The zero-order chi connectivity index (χ0) is 13.6. The second-order valence-electron chi connectivity index (χ2n) is 4.65. The molecule has 0 spiro atoms. The lowest BCUT2D eigenvalue weighted by atomic mass is 10.1. The summed E-state index contributed by atoms with van der Waals surface area (Å²) in [4.78, 5) is 0. The first-order chi connectivity index (χ1) is 9.15. The molecule has 19 heavy (non-hydrogen) atoms. The van der Waals surface area contributed by atoms with Gasteiger partial charge in [0.2, 0.25) is 0 Å². The Morgan fingerprint density at radius 3 is 2.58 bits per heavy atom. The van der Waals surface area contributed by atoms with Gasteiger partial charge in [-0.15, -0.1) is 11.3 Å². The standard InChI is InChI=1S/C16H14BrClS/c1-3-9-7-12-11-5-6-14(18)10(4-2)16(11)19-15(12)8-13(9)17/h5-8H,3-4H2,1-2H3. The van der Waals surface area contributed by atoms with Crippen molar-refractivity contribution in [1.29, 1.82) is 0 Å². The van der Waals surface area contributed by atoms with Crippen molar-refractivity contribution in [2.75, 3.05) is 0 Å². The van der Waals surface area contributed by atoms with Crippen LogP contribution < -0.4 is 0 Å². The second kappa shape index (κ2) is 5.08. The highest BCUT2D eigenvalue weighted by Crippen LogP contribution is 2.40. The zero-order valence-corrected chi connectivity index (χ0v) is 14.0. The molecule has 0 saturated carbocycles. The van der Waals surface area contributed by atoms with Crippen LogP contribution in [0.1, 0.15) is 25.0 Å². The average molecular weight is 354 g/mol. The van der Waals surface area contributed by atoms with Gasteiger partial charge in [-0.3, -0.25) is 0 Å². The summed E-state index contributed by atoms with van der Waals surface area (Å²) in [5, 5.41) is 3.58. The first-order valence-corrected chi connectivity index (χ1v) is 8.46.